The Morgan fingerprint density at radius 1 is 1.15 bits per heavy atom. The van der Waals surface area contributed by atoms with E-state index in [-0.39, 0.29) is 17.1 Å². The van der Waals surface area contributed by atoms with Crippen LogP contribution < -0.4 is 10.1 Å². The quantitative estimate of drug-likeness (QED) is 0.938. The van der Waals surface area contributed by atoms with E-state index in [1.807, 2.05) is 0 Å². The minimum Gasteiger partial charge on any atom is -0.405 e. The lowest BCUT2D eigenvalue weighted by atomic mass is 10.2. The van der Waals surface area contributed by atoms with Gasteiger partial charge in [0.2, 0.25) is 0 Å². The predicted molar refractivity (Wildman–Crippen MR) is 68.4 cm³/mol. The van der Waals surface area contributed by atoms with E-state index in [1.165, 1.54) is 18.2 Å². The van der Waals surface area contributed by atoms with Gasteiger partial charge < -0.3 is 10.1 Å². The molecule has 106 valence electrons. The lowest BCUT2D eigenvalue weighted by molar-refractivity contribution is -0.274. The lowest BCUT2D eigenvalue weighted by Crippen LogP contribution is -2.17. The maximum atomic E-state index is 12.4. The molecule has 1 aromatic carbocycles. The topological polar surface area (TPSA) is 47.0 Å². The Hall–Kier alpha value is -2.31. The molecule has 0 saturated heterocycles. The number of hydrogen-bond acceptors (Lipinski definition) is 4. The van der Waals surface area contributed by atoms with Gasteiger partial charge in [0, 0.05) is 18.8 Å². The van der Waals surface area contributed by atoms with Gasteiger partial charge in [0.05, 0.1) is 5.56 Å². The molecule has 0 saturated carbocycles. The van der Waals surface area contributed by atoms with Crippen LogP contribution in [0.25, 0.3) is 11.4 Å². The minimum atomic E-state index is -4.76. The van der Waals surface area contributed by atoms with Crippen molar-refractivity contribution in [3.8, 4) is 17.1 Å². The largest absolute Gasteiger partial charge is 0.573 e. The molecule has 2 aromatic rings. The normalized spacial score (nSPS) is 11.2. The molecule has 0 unspecified atom stereocenters. The maximum absolute atomic E-state index is 12.4. The Kier molecular flexibility index (Phi) is 3.78. The van der Waals surface area contributed by atoms with E-state index in [4.69, 9.17) is 0 Å². The highest BCUT2D eigenvalue weighted by Gasteiger charge is 2.32. The first-order valence-corrected chi connectivity index (χ1v) is 5.77. The van der Waals surface area contributed by atoms with Crippen molar-refractivity contribution in [1.82, 2.24) is 9.97 Å². The number of aryl methyl sites for hydroxylation is 1. The van der Waals surface area contributed by atoms with Gasteiger partial charge in [0.1, 0.15) is 11.6 Å². The third kappa shape index (κ3) is 3.37. The van der Waals surface area contributed by atoms with Crippen LogP contribution in [0.4, 0.5) is 19.0 Å². The Labute approximate surface area is 113 Å². The lowest BCUT2D eigenvalue weighted by Gasteiger charge is -2.13. The summed E-state index contributed by atoms with van der Waals surface area (Å²) in [5.41, 5.74) is 0.825. The summed E-state index contributed by atoms with van der Waals surface area (Å²) in [6, 6.07) is 7.46. The second-order valence-electron chi connectivity index (χ2n) is 4.01. The summed E-state index contributed by atoms with van der Waals surface area (Å²) in [4.78, 5) is 8.29. The molecular weight excluding hydrogens is 271 g/mol. The molecule has 20 heavy (non-hydrogen) atoms. The van der Waals surface area contributed by atoms with Crippen LogP contribution >= 0.6 is 0 Å². The molecule has 0 spiro atoms. The van der Waals surface area contributed by atoms with Crippen molar-refractivity contribution in [2.24, 2.45) is 0 Å². The fourth-order valence-corrected chi connectivity index (χ4v) is 1.68. The van der Waals surface area contributed by atoms with Crippen LogP contribution in [0.3, 0.4) is 0 Å². The molecule has 0 amide bonds. The average molecular weight is 283 g/mol. The van der Waals surface area contributed by atoms with Crippen LogP contribution in [0.5, 0.6) is 5.75 Å². The Balaban J connectivity index is 2.50. The number of aromatic nitrogens is 2. The van der Waals surface area contributed by atoms with Gasteiger partial charge in [-0.25, -0.2) is 9.97 Å². The highest BCUT2D eigenvalue weighted by atomic mass is 19.4. The van der Waals surface area contributed by atoms with E-state index in [0.717, 1.165) is 0 Å². The summed E-state index contributed by atoms with van der Waals surface area (Å²) in [7, 11) is 1.67. The molecule has 0 bridgehead atoms. The maximum Gasteiger partial charge on any atom is 0.573 e. The number of nitrogens with one attached hydrogen (secondary N) is 1. The van der Waals surface area contributed by atoms with E-state index in [2.05, 4.69) is 20.0 Å². The number of rotatable bonds is 3. The molecule has 1 aromatic heterocycles. The van der Waals surface area contributed by atoms with Gasteiger partial charge >= 0.3 is 6.36 Å². The average Bonchev–Trinajstić information content (AvgIpc) is 2.36. The highest BCUT2D eigenvalue weighted by molar-refractivity contribution is 5.65. The third-order valence-electron chi connectivity index (χ3n) is 2.46. The van der Waals surface area contributed by atoms with Gasteiger partial charge in [-0.2, -0.15) is 0 Å². The number of anilines is 1. The summed E-state index contributed by atoms with van der Waals surface area (Å²) in [6.45, 7) is 1.74. The zero-order valence-electron chi connectivity index (χ0n) is 10.8. The summed E-state index contributed by atoms with van der Waals surface area (Å²) in [5, 5.41) is 2.83. The molecule has 0 radical (unpaired) electrons. The first-order chi connectivity index (χ1) is 9.39. The fourth-order valence-electron chi connectivity index (χ4n) is 1.68. The molecular formula is C13H12F3N3O. The van der Waals surface area contributed by atoms with Crippen LogP contribution in [-0.4, -0.2) is 23.4 Å². The van der Waals surface area contributed by atoms with E-state index >= 15 is 0 Å². The number of ether oxygens (including phenoxy) is 1. The van der Waals surface area contributed by atoms with Crippen LogP contribution in [0.1, 0.15) is 5.69 Å². The van der Waals surface area contributed by atoms with Gasteiger partial charge in [-0.3, -0.25) is 0 Å². The standard InChI is InChI=1S/C13H12F3N3O/c1-8-7-11(17-2)19-12(18-8)9-5-3-4-6-10(9)20-13(14,15)16/h3-7H,1-2H3,(H,17,18,19). The van der Waals surface area contributed by atoms with Gasteiger partial charge in [0.25, 0.3) is 0 Å². The van der Waals surface area contributed by atoms with Crippen molar-refractivity contribution in [3.05, 3.63) is 36.0 Å². The SMILES string of the molecule is CNc1cc(C)nc(-c2ccccc2OC(F)(F)F)n1. The van der Waals surface area contributed by atoms with Crippen molar-refractivity contribution in [2.75, 3.05) is 12.4 Å². The van der Waals surface area contributed by atoms with Crippen molar-refractivity contribution < 1.29 is 17.9 Å². The Morgan fingerprint density at radius 3 is 2.50 bits per heavy atom. The van der Waals surface area contributed by atoms with Crippen LogP contribution in [0.2, 0.25) is 0 Å². The molecule has 7 heteroatoms. The molecule has 0 aliphatic rings. The molecule has 0 aliphatic heterocycles. The van der Waals surface area contributed by atoms with Gasteiger partial charge in [-0.15, -0.1) is 13.2 Å². The van der Waals surface area contributed by atoms with Crippen molar-refractivity contribution in [1.29, 1.82) is 0 Å². The van der Waals surface area contributed by atoms with E-state index < -0.39 is 6.36 Å². The highest BCUT2D eigenvalue weighted by Crippen LogP contribution is 2.32. The molecule has 1 N–H and O–H groups in total. The van der Waals surface area contributed by atoms with Gasteiger partial charge in [-0.1, -0.05) is 12.1 Å². The number of halogens is 3. The monoisotopic (exact) mass is 283 g/mol. The number of benzene rings is 1. The van der Waals surface area contributed by atoms with Crippen molar-refractivity contribution in [3.63, 3.8) is 0 Å². The molecule has 2 rings (SSSR count). The Bertz CT molecular complexity index is 614. The molecule has 4 nitrogen and oxygen atoms in total. The fraction of sp³-hybridized carbons (Fsp3) is 0.231. The van der Waals surface area contributed by atoms with E-state index in [0.29, 0.717) is 11.5 Å². The second kappa shape index (κ2) is 5.36. The second-order valence-corrected chi connectivity index (χ2v) is 4.01. The zero-order valence-corrected chi connectivity index (χ0v) is 10.8. The number of hydrogen-bond donors (Lipinski definition) is 1. The van der Waals surface area contributed by atoms with E-state index in [1.54, 1.807) is 26.1 Å². The smallest absolute Gasteiger partial charge is 0.405 e. The summed E-state index contributed by atoms with van der Waals surface area (Å²) >= 11 is 0. The summed E-state index contributed by atoms with van der Waals surface area (Å²) in [5.74, 6) is 0.371. The third-order valence-corrected chi connectivity index (χ3v) is 2.46. The zero-order chi connectivity index (χ0) is 14.8. The van der Waals surface area contributed by atoms with Crippen molar-refractivity contribution >= 4 is 5.82 Å². The van der Waals surface area contributed by atoms with Crippen molar-refractivity contribution in [2.45, 2.75) is 13.3 Å². The number of nitrogens with zero attached hydrogens (tertiary/aromatic N) is 2. The molecule has 1 heterocycles. The van der Waals surface area contributed by atoms with Crippen LogP contribution in [-0.2, 0) is 0 Å². The van der Waals surface area contributed by atoms with Gasteiger partial charge in [0.15, 0.2) is 5.82 Å². The number of para-hydroxylation sites is 1. The minimum absolute atomic E-state index is 0.175. The summed E-state index contributed by atoms with van der Waals surface area (Å²) < 4.78 is 41.2. The molecule has 0 aliphatic carbocycles. The predicted octanol–water partition coefficient (Wildman–Crippen LogP) is 3.39. The molecule has 0 atom stereocenters. The van der Waals surface area contributed by atoms with E-state index in [9.17, 15) is 13.2 Å². The molecule has 0 fully saturated rings. The van der Waals surface area contributed by atoms with Gasteiger partial charge in [-0.05, 0) is 19.1 Å². The van der Waals surface area contributed by atoms with Crippen LogP contribution in [0.15, 0.2) is 30.3 Å². The number of alkyl halides is 3. The van der Waals surface area contributed by atoms with Crippen LogP contribution in [0, 0.1) is 6.92 Å². The first kappa shape index (κ1) is 14.1. The Morgan fingerprint density at radius 2 is 1.85 bits per heavy atom. The summed E-state index contributed by atoms with van der Waals surface area (Å²) in [6.07, 6.45) is -4.76. The first-order valence-electron chi connectivity index (χ1n) is 5.77.